The third-order valence-electron chi connectivity index (χ3n) is 2.94. The Kier molecular flexibility index (Phi) is 3.40. The van der Waals surface area contributed by atoms with E-state index in [2.05, 4.69) is 19.2 Å². The minimum Gasteiger partial charge on any atom is -0.310 e. The fourth-order valence-corrected chi connectivity index (χ4v) is 2.31. The third-order valence-corrected chi connectivity index (χ3v) is 3.26. The Bertz CT molecular complexity index is 431. The molecule has 0 saturated carbocycles. The highest BCUT2D eigenvalue weighted by atomic mass is 35.5. The number of amides is 1. The van der Waals surface area contributed by atoms with E-state index in [0.29, 0.717) is 24.5 Å². The molecule has 0 atom stereocenters. The normalized spacial score (nSPS) is 20.2. The molecule has 17 heavy (non-hydrogen) atoms. The van der Waals surface area contributed by atoms with Crippen molar-refractivity contribution >= 4 is 23.2 Å². The van der Waals surface area contributed by atoms with Gasteiger partial charge < -0.3 is 10.2 Å². The zero-order valence-corrected chi connectivity index (χ0v) is 10.9. The number of hydrogen-bond acceptors (Lipinski definition) is 2. The zero-order chi connectivity index (χ0) is 12.5. The summed E-state index contributed by atoms with van der Waals surface area (Å²) in [5, 5.41) is 3.99. The quantitative estimate of drug-likeness (QED) is 0.833. The van der Waals surface area contributed by atoms with Gasteiger partial charge in [0, 0.05) is 25.0 Å². The molecular weight excluding hydrogens is 236 g/mol. The van der Waals surface area contributed by atoms with Crippen LogP contribution in [0.2, 0.25) is 5.02 Å². The molecule has 2 rings (SSSR count). The molecule has 0 bridgehead atoms. The summed E-state index contributed by atoms with van der Waals surface area (Å²) in [5.41, 5.74) is 0.710. The lowest BCUT2D eigenvalue weighted by Crippen LogP contribution is -2.47. The Balaban J connectivity index is 2.35. The van der Waals surface area contributed by atoms with Crippen LogP contribution in [-0.4, -0.2) is 24.5 Å². The molecule has 1 amide bonds. The summed E-state index contributed by atoms with van der Waals surface area (Å²) in [6, 6.07) is 7.48. The number of carbonyl (C=O) groups is 1. The van der Waals surface area contributed by atoms with Crippen molar-refractivity contribution in [3.8, 4) is 0 Å². The first kappa shape index (κ1) is 12.4. The Labute approximate surface area is 107 Å². The van der Waals surface area contributed by atoms with E-state index in [1.54, 1.807) is 4.90 Å². The van der Waals surface area contributed by atoms with Gasteiger partial charge in [0.05, 0.1) is 10.7 Å². The van der Waals surface area contributed by atoms with Crippen LogP contribution in [0.5, 0.6) is 0 Å². The maximum atomic E-state index is 12.1. The lowest BCUT2D eigenvalue weighted by Gasteiger charge is -2.30. The summed E-state index contributed by atoms with van der Waals surface area (Å²) in [6.45, 7) is 5.53. The van der Waals surface area contributed by atoms with Gasteiger partial charge in [0.25, 0.3) is 0 Å². The van der Waals surface area contributed by atoms with Crippen molar-refractivity contribution in [3.05, 3.63) is 29.3 Å². The average molecular weight is 253 g/mol. The Morgan fingerprint density at radius 1 is 1.35 bits per heavy atom. The van der Waals surface area contributed by atoms with Crippen molar-refractivity contribution in [2.45, 2.75) is 25.8 Å². The second kappa shape index (κ2) is 4.67. The molecule has 1 aliphatic heterocycles. The molecule has 0 unspecified atom stereocenters. The van der Waals surface area contributed by atoms with E-state index in [-0.39, 0.29) is 11.4 Å². The van der Waals surface area contributed by atoms with Crippen LogP contribution in [0.3, 0.4) is 0 Å². The highest BCUT2D eigenvalue weighted by Gasteiger charge is 2.29. The van der Waals surface area contributed by atoms with Crippen molar-refractivity contribution in [1.29, 1.82) is 0 Å². The van der Waals surface area contributed by atoms with Crippen molar-refractivity contribution in [1.82, 2.24) is 5.32 Å². The minimum absolute atomic E-state index is 0.0919. The molecule has 1 saturated heterocycles. The van der Waals surface area contributed by atoms with Crippen LogP contribution in [0.25, 0.3) is 0 Å². The second-order valence-electron chi connectivity index (χ2n) is 4.99. The van der Waals surface area contributed by atoms with Gasteiger partial charge in [-0.15, -0.1) is 0 Å². The number of hydrogen-bond donors (Lipinski definition) is 1. The second-order valence-corrected chi connectivity index (χ2v) is 5.40. The van der Waals surface area contributed by atoms with Gasteiger partial charge in [0.15, 0.2) is 0 Å². The van der Waals surface area contributed by atoms with Crippen LogP contribution >= 0.6 is 11.6 Å². The first-order chi connectivity index (χ1) is 7.99. The van der Waals surface area contributed by atoms with Crippen molar-refractivity contribution in [2.24, 2.45) is 0 Å². The van der Waals surface area contributed by atoms with Gasteiger partial charge in [0.1, 0.15) is 0 Å². The number of anilines is 1. The van der Waals surface area contributed by atoms with E-state index in [9.17, 15) is 4.79 Å². The summed E-state index contributed by atoms with van der Waals surface area (Å²) in [6.07, 6.45) is 0.509. The topological polar surface area (TPSA) is 32.3 Å². The third kappa shape index (κ3) is 2.79. The first-order valence-electron chi connectivity index (χ1n) is 5.79. The SMILES string of the molecule is CC1(C)CN(c2ccccc2Cl)C(=O)CCN1. The molecule has 1 aliphatic rings. The maximum Gasteiger partial charge on any atom is 0.228 e. The first-order valence-corrected chi connectivity index (χ1v) is 6.17. The molecule has 1 aromatic rings. The van der Waals surface area contributed by atoms with Crippen LogP contribution in [0, 0.1) is 0 Å². The van der Waals surface area contributed by atoms with Gasteiger partial charge in [-0.05, 0) is 26.0 Å². The molecule has 1 aromatic carbocycles. The maximum absolute atomic E-state index is 12.1. The summed E-state index contributed by atoms with van der Waals surface area (Å²) >= 11 is 6.15. The lowest BCUT2D eigenvalue weighted by atomic mass is 10.1. The number of nitrogens with zero attached hydrogens (tertiary/aromatic N) is 1. The molecule has 1 N–H and O–H groups in total. The fraction of sp³-hybridized carbons (Fsp3) is 0.462. The number of halogens is 1. The summed E-state index contributed by atoms with van der Waals surface area (Å²) < 4.78 is 0. The molecule has 92 valence electrons. The predicted molar refractivity (Wildman–Crippen MR) is 70.5 cm³/mol. The molecule has 4 heteroatoms. The van der Waals surface area contributed by atoms with E-state index >= 15 is 0 Å². The van der Waals surface area contributed by atoms with E-state index in [0.717, 1.165) is 5.69 Å². The predicted octanol–water partition coefficient (Wildman–Crippen LogP) is 2.44. The van der Waals surface area contributed by atoms with E-state index in [4.69, 9.17) is 11.6 Å². The van der Waals surface area contributed by atoms with Crippen molar-refractivity contribution in [2.75, 3.05) is 18.0 Å². The van der Waals surface area contributed by atoms with Crippen LogP contribution in [0.4, 0.5) is 5.69 Å². The smallest absolute Gasteiger partial charge is 0.228 e. The van der Waals surface area contributed by atoms with Gasteiger partial charge in [-0.2, -0.15) is 0 Å². The van der Waals surface area contributed by atoms with E-state index in [1.165, 1.54) is 0 Å². The summed E-state index contributed by atoms with van der Waals surface area (Å²) in [4.78, 5) is 13.9. The van der Waals surface area contributed by atoms with Gasteiger partial charge >= 0.3 is 0 Å². The van der Waals surface area contributed by atoms with Gasteiger partial charge in [-0.3, -0.25) is 4.79 Å². The molecular formula is C13H17ClN2O. The summed E-state index contributed by atoms with van der Waals surface area (Å²) in [5.74, 6) is 0.121. The van der Waals surface area contributed by atoms with Crippen molar-refractivity contribution in [3.63, 3.8) is 0 Å². The van der Waals surface area contributed by atoms with Gasteiger partial charge in [-0.1, -0.05) is 23.7 Å². The zero-order valence-electron chi connectivity index (χ0n) is 10.2. The number of para-hydroxylation sites is 1. The van der Waals surface area contributed by atoms with Crippen LogP contribution < -0.4 is 10.2 Å². The van der Waals surface area contributed by atoms with Crippen LogP contribution in [0.15, 0.2) is 24.3 Å². The standard InChI is InChI=1S/C13H17ClN2O/c1-13(2)9-16(12(17)7-8-15-13)11-6-4-3-5-10(11)14/h3-6,15H,7-9H2,1-2H3. The minimum atomic E-state index is -0.0919. The molecule has 0 spiro atoms. The Morgan fingerprint density at radius 3 is 2.76 bits per heavy atom. The van der Waals surface area contributed by atoms with Gasteiger partial charge in [-0.25, -0.2) is 0 Å². The number of nitrogens with one attached hydrogen (secondary N) is 1. The monoisotopic (exact) mass is 252 g/mol. The molecule has 0 radical (unpaired) electrons. The number of benzene rings is 1. The molecule has 1 fully saturated rings. The lowest BCUT2D eigenvalue weighted by molar-refractivity contribution is -0.118. The molecule has 0 aliphatic carbocycles. The average Bonchev–Trinajstić information content (AvgIpc) is 2.38. The van der Waals surface area contributed by atoms with E-state index in [1.807, 2.05) is 24.3 Å². The highest BCUT2D eigenvalue weighted by molar-refractivity contribution is 6.33. The molecule has 3 nitrogen and oxygen atoms in total. The highest BCUT2D eigenvalue weighted by Crippen LogP contribution is 2.28. The largest absolute Gasteiger partial charge is 0.310 e. The van der Waals surface area contributed by atoms with Gasteiger partial charge in [0.2, 0.25) is 5.91 Å². The number of rotatable bonds is 1. The van der Waals surface area contributed by atoms with Crippen LogP contribution in [-0.2, 0) is 4.79 Å². The van der Waals surface area contributed by atoms with E-state index < -0.39 is 0 Å². The fourth-order valence-electron chi connectivity index (χ4n) is 2.07. The Morgan fingerprint density at radius 2 is 2.06 bits per heavy atom. The van der Waals surface area contributed by atoms with Crippen LogP contribution in [0.1, 0.15) is 20.3 Å². The number of carbonyl (C=O) groups excluding carboxylic acids is 1. The Hall–Kier alpha value is -1.06. The van der Waals surface area contributed by atoms with Crippen molar-refractivity contribution < 1.29 is 4.79 Å². The summed E-state index contributed by atoms with van der Waals surface area (Å²) in [7, 11) is 0. The molecule has 0 aromatic heterocycles. The molecule has 1 heterocycles.